The summed E-state index contributed by atoms with van der Waals surface area (Å²) < 4.78 is 0. The number of hydrogen-bond donors (Lipinski definition) is 3. The first-order chi connectivity index (χ1) is 7.10. The van der Waals surface area contributed by atoms with Crippen LogP contribution in [0.5, 0.6) is 0 Å². The minimum absolute atomic E-state index is 0.285. The highest BCUT2D eigenvalue weighted by molar-refractivity contribution is 4.95. The van der Waals surface area contributed by atoms with E-state index in [0.717, 1.165) is 25.8 Å². The monoisotopic (exact) mass is 215 g/mol. The summed E-state index contributed by atoms with van der Waals surface area (Å²) in [5.74, 6) is 0. The molecule has 90 valence electrons. The van der Waals surface area contributed by atoms with Gasteiger partial charge in [0, 0.05) is 19.7 Å². The molecule has 0 aromatic heterocycles. The van der Waals surface area contributed by atoms with Crippen molar-refractivity contribution in [1.82, 2.24) is 5.32 Å². The number of nitrogens with one attached hydrogen (secondary N) is 1. The highest BCUT2D eigenvalue weighted by atomic mass is 16.3. The van der Waals surface area contributed by atoms with Gasteiger partial charge in [0.25, 0.3) is 0 Å². The molecule has 3 nitrogen and oxygen atoms in total. The fourth-order valence-corrected chi connectivity index (χ4v) is 1.99. The van der Waals surface area contributed by atoms with Crippen molar-refractivity contribution in [2.45, 2.75) is 51.6 Å². The van der Waals surface area contributed by atoms with Crippen molar-refractivity contribution < 1.29 is 10.2 Å². The maximum atomic E-state index is 10.1. The molecular formula is C12H25NO2. The molecule has 0 amide bonds. The van der Waals surface area contributed by atoms with Gasteiger partial charge < -0.3 is 15.5 Å². The normalized spacial score (nSPS) is 19.2. The molecule has 15 heavy (non-hydrogen) atoms. The van der Waals surface area contributed by atoms with Crippen molar-refractivity contribution >= 4 is 0 Å². The fraction of sp³-hybridized carbons (Fsp3) is 1.00. The Morgan fingerprint density at radius 1 is 1.27 bits per heavy atom. The summed E-state index contributed by atoms with van der Waals surface area (Å²) in [6.45, 7) is 5.94. The van der Waals surface area contributed by atoms with Gasteiger partial charge in [0.05, 0.1) is 5.60 Å². The van der Waals surface area contributed by atoms with E-state index in [-0.39, 0.29) is 6.61 Å². The van der Waals surface area contributed by atoms with E-state index in [1.54, 1.807) is 0 Å². The largest absolute Gasteiger partial charge is 0.396 e. The Balaban J connectivity index is 2.21. The fourth-order valence-electron chi connectivity index (χ4n) is 1.99. The minimum Gasteiger partial charge on any atom is -0.396 e. The maximum Gasteiger partial charge on any atom is 0.0766 e. The molecule has 0 aromatic carbocycles. The van der Waals surface area contributed by atoms with Crippen LogP contribution in [0.1, 0.15) is 46.0 Å². The van der Waals surface area contributed by atoms with Gasteiger partial charge in [0.15, 0.2) is 0 Å². The summed E-state index contributed by atoms with van der Waals surface area (Å²) in [5, 5.41) is 22.3. The second-order valence-electron chi connectivity index (χ2n) is 5.01. The molecule has 0 radical (unpaired) electrons. The number of hydrogen-bond acceptors (Lipinski definition) is 3. The standard InChI is InChI=1S/C12H25NO2/c1-3-12(15,4-2)10-13-9-11(5-6-11)7-8-14/h13-15H,3-10H2,1-2H3. The first kappa shape index (κ1) is 12.9. The Hall–Kier alpha value is -0.120. The van der Waals surface area contributed by atoms with Crippen LogP contribution in [0.2, 0.25) is 0 Å². The van der Waals surface area contributed by atoms with Crippen LogP contribution in [0.15, 0.2) is 0 Å². The average Bonchev–Trinajstić information content (AvgIpc) is 2.99. The molecule has 0 spiro atoms. The quantitative estimate of drug-likeness (QED) is 0.572. The summed E-state index contributed by atoms with van der Waals surface area (Å²) in [5.41, 5.74) is -0.202. The summed E-state index contributed by atoms with van der Waals surface area (Å²) in [7, 11) is 0. The van der Waals surface area contributed by atoms with Gasteiger partial charge in [-0.25, -0.2) is 0 Å². The predicted octanol–water partition coefficient (Wildman–Crippen LogP) is 1.29. The van der Waals surface area contributed by atoms with Gasteiger partial charge in [-0.2, -0.15) is 0 Å². The molecule has 1 fully saturated rings. The van der Waals surface area contributed by atoms with Crippen LogP contribution < -0.4 is 5.32 Å². The second-order valence-corrected chi connectivity index (χ2v) is 5.01. The Labute approximate surface area is 92.9 Å². The molecule has 0 bridgehead atoms. The van der Waals surface area contributed by atoms with Gasteiger partial charge >= 0.3 is 0 Å². The van der Waals surface area contributed by atoms with Crippen LogP contribution in [0.25, 0.3) is 0 Å². The Morgan fingerprint density at radius 2 is 1.87 bits per heavy atom. The Bertz CT molecular complexity index is 186. The van der Waals surface area contributed by atoms with Gasteiger partial charge in [-0.3, -0.25) is 0 Å². The molecule has 3 heteroatoms. The third-order valence-corrected chi connectivity index (χ3v) is 3.87. The van der Waals surface area contributed by atoms with Crippen LogP contribution in [-0.4, -0.2) is 35.5 Å². The third-order valence-electron chi connectivity index (χ3n) is 3.87. The lowest BCUT2D eigenvalue weighted by molar-refractivity contribution is 0.0312. The first-order valence-corrected chi connectivity index (χ1v) is 6.14. The molecule has 0 unspecified atom stereocenters. The summed E-state index contributed by atoms with van der Waals surface area (Å²) in [4.78, 5) is 0. The highest BCUT2D eigenvalue weighted by Crippen LogP contribution is 2.47. The van der Waals surface area contributed by atoms with Crippen LogP contribution in [0, 0.1) is 5.41 Å². The zero-order chi connectivity index (χ0) is 11.4. The molecule has 1 saturated carbocycles. The number of aliphatic hydroxyl groups excluding tert-OH is 1. The molecule has 1 rings (SSSR count). The lowest BCUT2D eigenvalue weighted by atomic mass is 9.96. The Morgan fingerprint density at radius 3 is 2.27 bits per heavy atom. The van der Waals surface area contributed by atoms with Crippen molar-refractivity contribution in [3.63, 3.8) is 0 Å². The van der Waals surface area contributed by atoms with E-state index in [4.69, 9.17) is 5.11 Å². The smallest absolute Gasteiger partial charge is 0.0766 e. The summed E-state index contributed by atoms with van der Waals surface area (Å²) >= 11 is 0. The van der Waals surface area contributed by atoms with Gasteiger partial charge in [0.2, 0.25) is 0 Å². The predicted molar refractivity (Wildman–Crippen MR) is 61.8 cm³/mol. The molecule has 3 N–H and O–H groups in total. The van der Waals surface area contributed by atoms with Crippen molar-refractivity contribution in [1.29, 1.82) is 0 Å². The van der Waals surface area contributed by atoms with E-state index in [1.165, 1.54) is 12.8 Å². The van der Waals surface area contributed by atoms with Gasteiger partial charge in [-0.1, -0.05) is 13.8 Å². The van der Waals surface area contributed by atoms with Crippen molar-refractivity contribution in [2.75, 3.05) is 19.7 Å². The van der Waals surface area contributed by atoms with E-state index in [9.17, 15) is 5.11 Å². The van der Waals surface area contributed by atoms with E-state index in [0.29, 0.717) is 12.0 Å². The maximum absolute atomic E-state index is 10.1. The number of aliphatic hydroxyl groups is 2. The van der Waals surface area contributed by atoms with E-state index >= 15 is 0 Å². The molecule has 1 aliphatic rings. The van der Waals surface area contributed by atoms with Crippen LogP contribution >= 0.6 is 0 Å². The Kier molecular flexibility index (Phi) is 4.56. The molecule has 0 atom stereocenters. The van der Waals surface area contributed by atoms with Gasteiger partial charge in [-0.15, -0.1) is 0 Å². The topological polar surface area (TPSA) is 52.5 Å². The highest BCUT2D eigenvalue weighted by Gasteiger charge is 2.41. The van der Waals surface area contributed by atoms with E-state index in [1.807, 2.05) is 13.8 Å². The summed E-state index contributed by atoms with van der Waals surface area (Å²) in [6, 6.07) is 0. The zero-order valence-corrected chi connectivity index (χ0v) is 10.1. The molecule has 0 heterocycles. The zero-order valence-electron chi connectivity index (χ0n) is 10.1. The molecule has 0 saturated heterocycles. The van der Waals surface area contributed by atoms with Gasteiger partial charge in [-0.05, 0) is 37.5 Å². The molecule has 0 aliphatic heterocycles. The lowest BCUT2D eigenvalue weighted by Crippen LogP contribution is -2.41. The van der Waals surface area contributed by atoms with E-state index in [2.05, 4.69) is 5.32 Å². The lowest BCUT2D eigenvalue weighted by Gasteiger charge is -2.27. The SMILES string of the molecule is CCC(O)(CC)CNCC1(CCO)CC1. The molecular weight excluding hydrogens is 190 g/mol. The first-order valence-electron chi connectivity index (χ1n) is 6.14. The third kappa shape index (κ3) is 3.74. The van der Waals surface area contributed by atoms with Crippen LogP contribution in [0.4, 0.5) is 0 Å². The van der Waals surface area contributed by atoms with E-state index < -0.39 is 5.60 Å². The second kappa shape index (κ2) is 5.28. The van der Waals surface area contributed by atoms with Gasteiger partial charge in [0.1, 0.15) is 0 Å². The molecule has 0 aromatic rings. The van der Waals surface area contributed by atoms with Crippen LogP contribution in [-0.2, 0) is 0 Å². The average molecular weight is 215 g/mol. The number of rotatable bonds is 8. The van der Waals surface area contributed by atoms with Crippen molar-refractivity contribution in [2.24, 2.45) is 5.41 Å². The van der Waals surface area contributed by atoms with Crippen molar-refractivity contribution in [3.8, 4) is 0 Å². The van der Waals surface area contributed by atoms with Crippen molar-refractivity contribution in [3.05, 3.63) is 0 Å². The summed E-state index contributed by atoms with van der Waals surface area (Å²) in [6.07, 6.45) is 4.93. The minimum atomic E-state index is -0.546. The molecule has 1 aliphatic carbocycles. The van der Waals surface area contributed by atoms with Crippen LogP contribution in [0.3, 0.4) is 0 Å².